The zero-order valence-electron chi connectivity index (χ0n) is 24.2. The third kappa shape index (κ3) is 11.1. The van der Waals surface area contributed by atoms with E-state index in [9.17, 15) is 19.1 Å². The smallest absolute Gasteiger partial charge is 0.323 e. The molecule has 0 saturated heterocycles. The van der Waals surface area contributed by atoms with Crippen LogP contribution in [0.15, 0.2) is 6.33 Å². The van der Waals surface area contributed by atoms with E-state index < -0.39 is 48.5 Å². The van der Waals surface area contributed by atoms with Crippen LogP contribution in [0.2, 0.25) is 0 Å². The van der Waals surface area contributed by atoms with Crippen LogP contribution in [0.4, 0.5) is 16.2 Å². The number of hydrogen-bond donors (Lipinski definition) is 4. The molecule has 0 amide bonds. The van der Waals surface area contributed by atoms with E-state index >= 15 is 0 Å². The number of rotatable bonds is 16. The number of nitrogens with zero attached hydrogens (tertiary/aromatic N) is 4. The van der Waals surface area contributed by atoms with Gasteiger partial charge in [-0.15, -0.1) is 0 Å². The van der Waals surface area contributed by atoms with Gasteiger partial charge in [0.15, 0.2) is 16.6 Å². The van der Waals surface area contributed by atoms with Crippen LogP contribution in [0.3, 0.4) is 0 Å². The third-order valence-electron chi connectivity index (χ3n) is 5.23. The van der Waals surface area contributed by atoms with Crippen LogP contribution in [0.5, 0.6) is 0 Å². The molecule has 14 nitrogen and oxygen atoms in total. The molecule has 0 aliphatic carbocycles. The molecule has 19 heteroatoms. The van der Waals surface area contributed by atoms with E-state index in [0.29, 0.717) is 0 Å². The number of nitrogens with one attached hydrogen (secondary N) is 1. The first-order chi connectivity index (χ1) is 19.4. The summed E-state index contributed by atoms with van der Waals surface area (Å²) in [6, 6.07) is -0.943. The number of nitrogens with two attached hydrogens (primary N) is 2. The zero-order chi connectivity index (χ0) is 31.8. The molecule has 2 aromatic heterocycles. The van der Waals surface area contributed by atoms with E-state index in [1.165, 1.54) is 17.8 Å². The highest BCUT2D eigenvalue weighted by molar-refractivity contribution is 8.13. The molecule has 0 spiro atoms. The monoisotopic (exact) mass is 673 g/mol. The largest absolute Gasteiger partial charge is 0.462 e. The number of alkyl halides is 2. The van der Waals surface area contributed by atoms with Crippen LogP contribution in [-0.2, 0) is 46.6 Å². The number of anilines is 2. The minimum absolute atomic E-state index is 0.0123. The minimum atomic E-state index is -3.50. The standard InChI is InChI=1S/C23H38ClFN7O7PS2/c1-12(2)39-20(34)13(3)31-40(41,37-7-8-42-21(35)23(4,5)6)38-9-14(16(33)17(24)25)36-11-32-10-28-15-18(26)29-22(27)30-19(15)32/h10,12-14,16-17,33H,7-9,11H2,1-6H3,(H,31,41)(H4,26,27,29,30). The number of hydrogen-bond acceptors (Lipinski definition) is 14. The first-order valence-corrected chi connectivity index (χ1v) is 16.9. The van der Waals surface area contributed by atoms with Crippen LogP contribution >= 0.6 is 30.0 Å². The summed E-state index contributed by atoms with van der Waals surface area (Å²) in [6.45, 7) is 5.98. The Balaban J connectivity index is 2.19. The summed E-state index contributed by atoms with van der Waals surface area (Å²) in [5, 5.41) is 13.2. The molecule has 0 bridgehead atoms. The van der Waals surface area contributed by atoms with Crippen molar-refractivity contribution in [1.29, 1.82) is 0 Å². The lowest BCUT2D eigenvalue weighted by molar-refractivity contribution is -0.149. The molecule has 0 aromatic carbocycles. The lowest BCUT2D eigenvalue weighted by atomic mass is 10.00. The van der Waals surface area contributed by atoms with Crippen molar-refractivity contribution in [2.24, 2.45) is 5.41 Å². The van der Waals surface area contributed by atoms with Gasteiger partial charge in [0.2, 0.25) is 11.6 Å². The molecule has 6 N–H and O–H groups in total. The van der Waals surface area contributed by atoms with Crippen molar-refractivity contribution in [3.63, 3.8) is 0 Å². The molecule has 5 unspecified atom stereocenters. The number of carbonyl (C=O) groups excluding carboxylic acids is 2. The van der Waals surface area contributed by atoms with E-state index in [1.54, 1.807) is 34.6 Å². The Kier molecular flexibility index (Phi) is 13.8. The van der Waals surface area contributed by atoms with Crippen molar-refractivity contribution < 1.29 is 37.6 Å². The lowest BCUT2D eigenvalue weighted by Crippen LogP contribution is -2.40. The molecule has 2 aromatic rings. The van der Waals surface area contributed by atoms with Gasteiger partial charge in [-0.05, 0) is 32.6 Å². The SMILES string of the molecule is CC(C)OC(=O)C(C)NP(=S)(OCCSC(=O)C(C)(C)C)OCC(OCn1cnc2c(N)nc(N)nc21)C(O)C(F)Cl. The average Bonchev–Trinajstić information content (AvgIpc) is 3.28. The van der Waals surface area contributed by atoms with Crippen LogP contribution < -0.4 is 16.6 Å². The fourth-order valence-corrected chi connectivity index (χ4v) is 6.51. The summed E-state index contributed by atoms with van der Waals surface area (Å²) in [5.41, 5.74) is 9.23. The Labute approximate surface area is 258 Å². The van der Waals surface area contributed by atoms with Crippen molar-refractivity contribution in [2.75, 3.05) is 30.4 Å². The minimum Gasteiger partial charge on any atom is -0.462 e. The van der Waals surface area contributed by atoms with E-state index in [4.69, 9.17) is 53.4 Å². The Bertz CT molecular complexity index is 1270. The van der Waals surface area contributed by atoms with Gasteiger partial charge in [0.25, 0.3) is 6.64 Å². The van der Waals surface area contributed by atoms with Crippen LogP contribution in [0, 0.1) is 5.41 Å². The van der Waals surface area contributed by atoms with Gasteiger partial charge in [-0.25, -0.2) is 14.5 Å². The van der Waals surface area contributed by atoms with Crippen LogP contribution in [-0.4, -0.2) is 84.7 Å². The second kappa shape index (κ2) is 15.9. The molecule has 0 fully saturated rings. The van der Waals surface area contributed by atoms with E-state index in [-0.39, 0.29) is 53.2 Å². The number of aliphatic hydroxyl groups excluding tert-OH is 1. The van der Waals surface area contributed by atoms with Gasteiger partial charge in [-0.3, -0.25) is 14.2 Å². The summed E-state index contributed by atoms with van der Waals surface area (Å²) in [5.74, 6) is -0.392. The van der Waals surface area contributed by atoms with Crippen LogP contribution in [0.25, 0.3) is 11.2 Å². The highest BCUT2D eigenvalue weighted by Gasteiger charge is 2.33. The molecule has 0 aliphatic rings. The van der Waals surface area contributed by atoms with Gasteiger partial charge >= 0.3 is 5.97 Å². The Hall–Kier alpha value is -1.69. The molecular weight excluding hydrogens is 636 g/mol. The van der Waals surface area contributed by atoms with Gasteiger partial charge in [0, 0.05) is 11.2 Å². The second-order valence-corrected chi connectivity index (χ2v) is 15.1. The molecule has 2 rings (SSSR count). The Morgan fingerprint density at radius 3 is 2.52 bits per heavy atom. The number of thioether (sulfide) groups is 1. The van der Waals surface area contributed by atoms with Crippen molar-refractivity contribution in [3.05, 3.63) is 6.33 Å². The topological polar surface area (TPSA) is 199 Å². The predicted octanol–water partition coefficient (Wildman–Crippen LogP) is 2.72. The second-order valence-electron chi connectivity index (χ2n) is 10.4. The predicted molar refractivity (Wildman–Crippen MR) is 163 cm³/mol. The summed E-state index contributed by atoms with van der Waals surface area (Å²) in [6.07, 6.45) is -2.25. The number of aromatic nitrogens is 4. The number of aliphatic hydroxyl groups is 1. The number of imidazole rings is 1. The van der Waals surface area contributed by atoms with Crippen molar-refractivity contribution in [3.8, 4) is 0 Å². The maximum absolute atomic E-state index is 14.0. The molecule has 238 valence electrons. The zero-order valence-corrected chi connectivity index (χ0v) is 27.4. The maximum atomic E-state index is 14.0. The fraction of sp³-hybridized carbons (Fsp3) is 0.696. The van der Waals surface area contributed by atoms with Crippen LogP contribution in [0.1, 0.15) is 41.5 Å². The summed E-state index contributed by atoms with van der Waals surface area (Å²) in [4.78, 5) is 36.7. The molecule has 2 heterocycles. The van der Waals surface area contributed by atoms with Gasteiger partial charge in [0.1, 0.15) is 30.5 Å². The fourth-order valence-electron chi connectivity index (χ4n) is 3.08. The molecule has 0 aliphatic heterocycles. The van der Waals surface area contributed by atoms with Crippen molar-refractivity contribution in [1.82, 2.24) is 24.6 Å². The number of fused-ring (bicyclic) bond motifs is 1. The maximum Gasteiger partial charge on any atom is 0.323 e. The van der Waals surface area contributed by atoms with E-state index in [2.05, 4.69) is 20.0 Å². The molecule has 0 saturated carbocycles. The first kappa shape index (κ1) is 36.5. The summed E-state index contributed by atoms with van der Waals surface area (Å²) < 4.78 is 38.0. The van der Waals surface area contributed by atoms with Gasteiger partial charge in [0.05, 0.1) is 25.6 Å². The Morgan fingerprint density at radius 2 is 1.93 bits per heavy atom. The van der Waals surface area contributed by atoms with Gasteiger partial charge in [-0.1, -0.05) is 44.1 Å². The van der Waals surface area contributed by atoms with Crippen molar-refractivity contribution >= 4 is 75.8 Å². The quantitative estimate of drug-likeness (QED) is 0.0877. The lowest BCUT2D eigenvalue weighted by Gasteiger charge is -2.29. The molecule has 42 heavy (non-hydrogen) atoms. The summed E-state index contributed by atoms with van der Waals surface area (Å²) in [7, 11) is 0. The van der Waals surface area contributed by atoms with Gasteiger partial charge < -0.3 is 35.1 Å². The van der Waals surface area contributed by atoms with E-state index in [0.717, 1.165) is 11.8 Å². The molecule has 5 atom stereocenters. The third-order valence-corrected chi connectivity index (χ3v) is 9.40. The van der Waals surface area contributed by atoms with Gasteiger partial charge in [-0.2, -0.15) is 9.97 Å². The normalized spacial score (nSPS) is 16.6. The summed E-state index contributed by atoms with van der Waals surface area (Å²) >= 11 is 12.2. The Morgan fingerprint density at radius 1 is 1.26 bits per heavy atom. The number of esters is 1. The first-order valence-electron chi connectivity index (χ1n) is 12.8. The highest BCUT2D eigenvalue weighted by Crippen LogP contribution is 2.45. The van der Waals surface area contributed by atoms with E-state index in [1.807, 2.05) is 0 Å². The number of nitrogen functional groups attached to an aromatic ring is 2. The number of halogens is 2. The average molecular weight is 674 g/mol. The van der Waals surface area contributed by atoms with Crippen molar-refractivity contribution in [2.45, 2.75) is 78.3 Å². The number of carbonyl (C=O) groups is 2. The molecule has 0 radical (unpaired) electrons. The number of ether oxygens (including phenoxy) is 2. The molecular formula is C23H38ClFN7O7PS2. The highest BCUT2D eigenvalue weighted by atomic mass is 35.5.